The molecule has 0 radical (unpaired) electrons. The van der Waals surface area contributed by atoms with Gasteiger partial charge in [0.2, 0.25) is 0 Å². The molecule has 0 aliphatic heterocycles. The summed E-state index contributed by atoms with van der Waals surface area (Å²) in [6.45, 7) is -0.486. The summed E-state index contributed by atoms with van der Waals surface area (Å²) in [4.78, 5) is 28.0. The number of phosphoric acid groups is 1. The van der Waals surface area contributed by atoms with Crippen molar-refractivity contribution in [2.24, 2.45) is 5.73 Å². The molecule has 0 amide bonds. The van der Waals surface area contributed by atoms with Gasteiger partial charge in [-0.1, -0.05) is 0 Å². The standard InChI is InChI=1S/C4H10N3O5P.Na.6H2O.H/c1-7(4(5)6)2-3(8)12-13(9,10)11;;;;;;;;/h2H2,1H3,(H3,5,6)(H2,9,10,11);;6*1H2;. The van der Waals surface area contributed by atoms with Crippen molar-refractivity contribution in [2.45, 2.75) is 0 Å². The van der Waals surface area contributed by atoms with Crippen molar-refractivity contribution in [1.82, 2.24) is 4.90 Å². The first-order chi connectivity index (χ1) is 5.72. The van der Waals surface area contributed by atoms with Crippen LogP contribution in [0.25, 0.3) is 0 Å². The molecule has 0 fully saturated rings. The second-order valence-corrected chi connectivity index (χ2v) is 3.36. The van der Waals surface area contributed by atoms with Crippen LogP contribution in [-0.2, 0) is 13.9 Å². The zero-order valence-corrected chi connectivity index (χ0v) is 10.7. The van der Waals surface area contributed by atoms with Crippen molar-refractivity contribution in [2.75, 3.05) is 13.6 Å². The van der Waals surface area contributed by atoms with Gasteiger partial charge < -0.3 is 48.0 Å². The predicted octanol–water partition coefficient (Wildman–Crippen LogP) is -7.15. The molecule has 20 heavy (non-hydrogen) atoms. The Morgan fingerprint density at radius 2 is 1.50 bits per heavy atom. The van der Waals surface area contributed by atoms with Crippen LogP contribution in [0.15, 0.2) is 0 Å². The number of rotatable bonds is 3. The van der Waals surface area contributed by atoms with Crippen molar-refractivity contribution in [1.29, 1.82) is 5.41 Å². The Kier molecular flexibility index (Phi) is 52.8. The Hall–Kier alpha value is -0.350. The van der Waals surface area contributed by atoms with Crippen LogP contribution in [0, 0.1) is 5.41 Å². The molecule has 0 unspecified atom stereocenters. The average Bonchev–Trinajstić information content (AvgIpc) is 1.81. The van der Waals surface area contributed by atoms with Crippen LogP contribution < -0.4 is 5.73 Å². The topological polar surface area (TPSA) is 326 Å². The summed E-state index contributed by atoms with van der Waals surface area (Å²) in [5.41, 5.74) is 4.96. The molecule has 16 heteroatoms. The molecule has 0 saturated heterocycles. The van der Waals surface area contributed by atoms with Gasteiger partial charge in [0.25, 0.3) is 0 Å². The summed E-state index contributed by atoms with van der Waals surface area (Å²) in [7, 11) is -3.49. The number of hydrogen-bond donors (Lipinski definition) is 4. The van der Waals surface area contributed by atoms with Gasteiger partial charge in [-0.3, -0.25) is 15.2 Å². The zero-order valence-electron chi connectivity index (χ0n) is 9.80. The van der Waals surface area contributed by atoms with Gasteiger partial charge >= 0.3 is 43.3 Å². The molecule has 0 rings (SSSR count). The van der Waals surface area contributed by atoms with Crippen LogP contribution in [0.3, 0.4) is 0 Å². The SMILES string of the molecule is CN(CC(=O)OP(=O)(O)O)C(=N)N.O.O.O.O.O.O.[NaH]. The molecule has 0 aliphatic carbocycles. The number of phosphoric ester groups is 1. The first kappa shape index (κ1) is 50.4. The molecule has 0 aromatic carbocycles. The maximum atomic E-state index is 10.7. The van der Waals surface area contributed by atoms with Crippen LogP contribution in [0.1, 0.15) is 0 Å². The van der Waals surface area contributed by atoms with Gasteiger partial charge in [0, 0.05) is 7.05 Å². The van der Waals surface area contributed by atoms with E-state index in [9.17, 15) is 9.36 Å². The molecule has 0 saturated carbocycles. The third-order valence-electron chi connectivity index (χ3n) is 0.998. The molecule has 0 aromatic heterocycles. The Labute approximate surface area is 135 Å². The van der Waals surface area contributed by atoms with Gasteiger partial charge in [-0.05, 0) is 0 Å². The Morgan fingerprint density at radius 1 is 1.20 bits per heavy atom. The minimum atomic E-state index is -4.80. The monoisotopic (exact) mass is 343 g/mol. The van der Waals surface area contributed by atoms with Crippen molar-refractivity contribution < 1.29 is 56.5 Å². The van der Waals surface area contributed by atoms with Crippen LogP contribution >= 0.6 is 7.82 Å². The van der Waals surface area contributed by atoms with Crippen LogP contribution in [0.5, 0.6) is 0 Å². The number of carbonyl (C=O) groups is 1. The summed E-state index contributed by atoms with van der Waals surface area (Å²) in [6, 6.07) is 0. The number of likely N-dealkylation sites (N-methyl/N-ethyl adjacent to an activating group) is 1. The van der Waals surface area contributed by atoms with Crippen LogP contribution in [-0.4, -0.2) is 103 Å². The van der Waals surface area contributed by atoms with E-state index in [1.807, 2.05) is 0 Å². The molecule has 126 valence electrons. The fourth-order valence-corrected chi connectivity index (χ4v) is 0.763. The van der Waals surface area contributed by atoms with E-state index < -0.39 is 26.3 Å². The van der Waals surface area contributed by atoms with E-state index in [0.717, 1.165) is 4.90 Å². The third-order valence-corrected chi connectivity index (χ3v) is 1.44. The summed E-state index contributed by atoms with van der Waals surface area (Å²) >= 11 is 0. The number of nitrogens with zero attached hydrogens (tertiary/aromatic N) is 1. The predicted molar refractivity (Wildman–Crippen MR) is 71.5 cm³/mol. The Balaban J connectivity index is -0.0000000343. The maximum absolute atomic E-state index is 10.7. The Morgan fingerprint density at radius 3 is 1.70 bits per heavy atom. The van der Waals surface area contributed by atoms with Gasteiger partial charge in [0.05, 0.1) is 0 Å². The first-order valence-corrected chi connectivity index (χ1v) is 4.58. The van der Waals surface area contributed by atoms with E-state index >= 15 is 0 Å². The van der Waals surface area contributed by atoms with Crippen LogP contribution in [0.2, 0.25) is 0 Å². The number of hydrogen-bond acceptors (Lipinski definition) is 4. The third kappa shape index (κ3) is 30.6. The summed E-state index contributed by atoms with van der Waals surface area (Å²) in [5.74, 6) is -1.55. The van der Waals surface area contributed by atoms with E-state index in [-0.39, 0.29) is 62.4 Å². The number of carbonyl (C=O) groups excluding carboxylic acids is 1. The van der Waals surface area contributed by atoms with Crippen molar-refractivity contribution in [3.8, 4) is 0 Å². The minimum absolute atomic E-state index is 0. The average molecular weight is 343 g/mol. The van der Waals surface area contributed by atoms with E-state index in [1.165, 1.54) is 7.05 Å². The van der Waals surface area contributed by atoms with Crippen molar-refractivity contribution in [3.63, 3.8) is 0 Å². The van der Waals surface area contributed by atoms with Crippen LogP contribution in [0.4, 0.5) is 0 Å². The molecule has 0 spiro atoms. The van der Waals surface area contributed by atoms with E-state index in [0.29, 0.717) is 0 Å². The molecule has 0 aromatic rings. The molecule has 0 aliphatic rings. The number of nitrogens with one attached hydrogen (secondary N) is 1. The van der Waals surface area contributed by atoms with Crippen molar-refractivity contribution in [3.05, 3.63) is 0 Å². The Bertz CT molecular complexity index is 272. The molecule has 0 atom stereocenters. The molecule has 0 bridgehead atoms. The quantitative estimate of drug-likeness (QED) is 0.165. The summed E-state index contributed by atoms with van der Waals surface area (Å²) in [5, 5.41) is 6.83. The van der Waals surface area contributed by atoms with Gasteiger partial charge in [-0.2, -0.15) is 0 Å². The van der Waals surface area contributed by atoms with Gasteiger partial charge in [0.15, 0.2) is 5.96 Å². The normalized spacial score (nSPS) is 6.95. The fraction of sp³-hybridized carbons (Fsp3) is 0.500. The second kappa shape index (κ2) is 21.0. The molecular formula is C4H23N3NaO11P. The fourth-order valence-electron chi connectivity index (χ4n) is 0.440. The van der Waals surface area contributed by atoms with Gasteiger partial charge in [-0.15, -0.1) is 0 Å². The number of nitrogens with two attached hydrogens (primary N) is 1. The summed E-state index contributed by atoms with van der Waals surface area (Å²) in [6.07, 6.45) is 0. The number of guanidine groups is 1. The molecule has 17 N–H and O–H groups in total. The van der Waals surface area contributed by atoms with Gasteiger partial charge in [0.1, 0.15) is 6.54 Å². The second-order valence-electron chi connectivity index (χ2n) is 2.20. The first-order valence-electron chi connectivity index (χ1n) is 3.05. The van der Waals surface area contributed by atoms with Crippen molar-refractivity contribution >= 4 is 49.3 Å². The summed E-state index contributed by atoms with van der Waals surface area (Å²) < 4.78 is 13.8. The molecular weight excluding hydrogens is 320 g/mol. The molecule has 14 nitrogen and oxygen atoms in total. The van der Waals surface area contributed by atoms with E-state index in [2.05, 4.69) is 4.52 Å². The zero-order chi connectivity index (χ0) is 10.6. The molecule has 0 heterocycles. The van der Waals surface area contributed by atoms with Gasteiger partial charge in [-0.25, -0.2) is 9.36 Å². The van der Waals surface area contributed by atoms with E-state index in [4.69, 9.17) is 20.9 Å². The van der Waals surface area contributed by atoms with E-state index in [1.54, 1.807) is 0 Å².